The van der Waals surface area contributed by atoms with E-state index in [0.717, 1.165) is 39.0 Å². The van der Waals surface area contributed by atoms with Crippen molar-refractivity contribution in [2.75, 3.05) is 32.8 Å². The van der Waals surface area contributed by atoms with Crippen LogP contribution in [0.4, 0.5) is 0 Å². The first-order valence-corrected chi connectivity index (χ1v) is 7.61. The average molecular weight is 269 g/mol. The molecule has 0 radical (unpaired) electrons. The number of ether oxygens (including phenoxy) is 1. The molecule has 1 unspecified atom stereocenters. The number of nitrogens with zero attached hydrogens (tertiary/aromatic N) is 1. The van der Waals surface area contributed by atoms with Crippen molar-refractivity contribution in [3.63, 3.8) is 0 Å². The van der Waals surface area contributed by atoms with Crippen molar-refractivity contribution in [2.45, 2.75) is 50.6 Å². The molecule has 19 heavy (non-hydrogen) atoms. The van der Waals surface area contributed by atoms with Crippen LogP contribution in [0.1, 0.15) is 38.5 Å². The Hall–Kier alpha value is -0.650. The van der Waals surface area contributed by atoms with Gasteiger partial charge in [0.1, 0.15) is 0 Å². The molecule has 2 aliphatic rings. The second-order valence-corrected chi connectivity index (χ2v) is 5.65. The number of nitrogens with one attached hydrogen (secondary N) is 1. The van der Waals surface area contributed by atoms with Crippen molar-refractivity contribution in [3.05, 3.63) is 0 Å². The fourth-order valence-electron chi connectivity index (χ4n) is 3.09. The highest BCUT2D eigenvalue weighted by Gasteiger charge is 2.24. The highest BCUT2D eigenvalue weighted by Crippen LogP contribution is 2.18. The van der Waals surface area contributed by atoms with E-state index in [1.807, 2.05) is 0 Å². The molecule has 110 valence electrons. The van der Waals surface area contributed by atoms with Crippen LogP contribution in [0.3, 0.4) is 0 Å². The molecular weight excluding hydrogens is 242 g/mol. The summed E-state index contributed by atoms with van der Waals surface area (Å²) in [6.45, 7) is 3.81. The van der Waals surface area contributed by atoms with E-state index in [9.17, 15) is 4.79 Å². The summed E-state index contributed by atoms with van der Waals surface area (Å²) < 4.78 is 5.30. The van der Waals surface area contributed by atoms with Gasteiger partial charge in [0.05, 0.1) is 6.54 Å². The molecule has 3 N–H and O–H groups in total. The van der Waals surface area contributed by atoms with Crippen molar-refractivity contribution in [3.8, 4) is 0 Å². The van der Waals surface area contributed by atoms with E-state index < -0.39 is 0 Å². The zero-order chi connectivity index (χ0) is 13.5. The largest absolute Gasteiger partial charge is 0.381 e. The number of rotatable bonds is 5. The van der Waals surface area contributed by atoms with E-state index in [0.29, 0.717) is 25.2 Å². The third kappa shape index (κ3) is 4.75. The highest BCUT2D eigenvalue weighted by atomic mass is 16.5. The second-order valence-electron chi connectivity index (χ2n) is 5.65. The lowest BCUT2D eigenvalue weighted by atomic mass is 9.99. The lowest BCUT2D eigenvalue weighted by Crippen LogP contribution is -2.49. The number of hydrogen-bond donors (Lipinski definition) is 2. The molecule has 2 heterocycles. The molecule has 0 aliphatic carbocycles. The monoisotopic (exact) mass is 269 g/mol. The van der Waals surface area contributed by atoms with Gasteiger partial charge in [-0.3, -0.25) is 9.69 Å². The number of carbonyl (C=O) groups excluding carboxylic acids is 1. The maximum Gasteiger partial charge on any atom is 0.234 e. The number of nitrogens with two attached hydrogens (primary N) is 1. The molecule has 1 atom stereocenters. The molecule has 5 heteroatoms. The predicted octanol–water partition coefficient (Wildman–Crippen LogP) is 0.485. The molecular formula is C14H27N3O2. The van der Waals surface area contributed by atoms with Gasteiger partial charge in [-0.2, -0.15) is 0 Å². The SMILES string of the molecule is NCCC1CCCCN1CC(=O)NC1CCOCC1. The van der Waals surface area contributed by atoms with Crippen LogP contribution in [-0.4, -0.2) is 55.7 Å². The molecule has 0 aromatic heterocycles. The van der Waals surface area contributed by atoms with Crippen molar-refractivity contribution in [1.29, 1.82) is 0 Å². The zero-order valence-electron chi connectivity index (χ0n) is 11.8. The van der Waals surface area contributed by atoms with Gasteiger partial charge < -0.3 is 15.8 Å². The average Bonchev–Trinajstić information content (AvgIpc) is 2.42. The summed E-state index contributed by atoms with van der Waals surface area (Å²) in [7, 11) is 0. The van der Waals surface area contributed by atoms with Crippen LogP contribution in [-0.2, 0) is 9.53 Å². The highest BCUT2D eigenvalue weighted by molar-refractivity contribution is 5.78. The molecule has 0 aromatic carbocycles. The smallest absolute Gasteiger partial charge is 0.234 e. The maximum atomic E-state index is 12.1. The Balaban J connectivity index is 1.75. The van der Waals surface area contributed by atoms with Crippen LogP contribution in [0, 0.1) is 0 Å². The minimum Gasteiger partial charge on any atom is -0.381 e. The first-order valence-electron chi connectivity index (χ1n) is 7.61. The van der Waals surface area contributed by atoms with Crippen molar-refractivity contribution in [1.82, 2.24) is 10.2 Å². The summed E-state index contributed by atoms with van der Waals surface area (Å²) in [4.78, 5) is 14.4. The van der Waals surface area contributed by atoms with Gasteiger partial charge in [0.25, 0.3) is 0 Å². The first kappa shape index (κ1) is 14.8. The molecule has 2 fully saturated rings. The molecule has 0 spiro atoms. The van der Waals surface area contributed by atoms with Gasteiger partial charge in [0.15, 0.2) is 0 Å². The lowest BCUT2D eigenvalue weighted by Gasteiger charge is -2.35. The van der Waals surface area contributed by atoms with Crippen LogP contribution in [0.15, 0.2) is 0 Å². The van der Waals surface area contributed by atoms with Gasteiger partial charge >= 0.3 is 0 Å². The Labute approximate surface area is 115 Å². The summed E-state index contributed by atoms with van der Waals surface area (Å²) in [6, 6.07) is 0.804. The molecule has 0 saturated carbocycles. The Morgan fingerprint density at radius 3 is 2.79 bits per heavy atom. The van der Waals surface area contributed by atoms with E-state index in [2.05, 4.69) is 10.2 Å². The Bertz CT molecular complexity index is 278. The van der Waals surface area contributed by atoms with E-state index in [-0.39, 0.29) is 5.91 Å². The van der Waals surface area contributed by atoms with Gasteiger partial charge in [-0.05, 0) is 45.2 Å². The van der Waals surface area contributed by atoms with Gasteiger partial charge in [-0.15, -0.1) is 0 Å². The Morgan fingerprint density at radius 2 is 2.05 bits per heavy atom. The quantitative estimate of drug-likeness (QED) is 0.762. The van der Waals surface area contributed by atoms with Crippen molar-refractivity contribution < 1.29 is 9.53 Å². The van der Waals surface area contributed by atoms with Crippen LogP contribution in [0.25, 0.3) is 0 Å². The lowest BCUT2D eigenvalue weighted by molar-refractivity contribution is -0.124. The van der Waals surface area contributed by atoms with E-state index in [1.54, 1.807) is 0 Å². The van der Waals surface area contributed by atoms with Crippen LogP contribution < -0.4 is 11.1 Å². The number of hydrogen-bond acceptors (Lipinski definition) is 4. The molecule has 0 aromatic rings. The summed E-state index contributed by atoms with van der Waals surface area (Å²) in [5.74, 6) is 0.163. The fraction of sp³-hybridized carbons (Fsp3) is 0.929. The molecule has 1 amide bonds. The van der Waals surface area contributed by atoms with E-state index in [1.165, 1.54) is 19.3 Å². The Morgan fingerprint density at radius 1 is 1.26 bits per heavy atom. The number of likely N-dealkylation sites (tertiary alicyclic amines) is 1. The topological polar surface area (TPSA) is 67.6 Å². The third-order valence-electron chi connectivity index (χ3n) is 4.18. The normalized spacial score (nSPS) is 26.3. The number of piperidine rings is 1. The van der Waals surface area contributed by atoms with Crippen LogP contribution in [0.2, 0.25) is 0 Å². The number of carbonyl (C=O) groups is 1. The molecule has 2 aliphatic heterocycles. The summed E-state index contributed by atoms with van der Waals surface area (Å²) >= 11 is 0. The minimum absolute atomic E-state index is 0.163. The van der Waals surface area contributed by atoms with E-state index in [4.69, 9.17) is 10.5 Å². The fourth-order valence-corrected chi connectivity index (χ4v) is 3.09. The van der Waals surface area contributed by atoms with Crippen LogP contribution in [0.5, 0.6) is 0 Å². The zero-order valence-corrected chi connectivity index (χ0v) is 11.8. The predicted molar refractivity (Wildman–Crippen MR) is 74.9 cm³/mol. The maximum absolute atomic E-state index is 12.1. The summed E-state index contributed by atoms with van der Waals surface area (Å²) in [5.41, 5.74) is 5.66. The van der Waals surface area contributed by atoms with E-state index >= 15 is 0 Å². The first-order chi connectivity index (χ1) is 9.29. The van der Waals surface area contributed by atoms with Crippen molar-refractivity contribution in [2.24, 2.45) is 5.73 Å². The third-order valence-corrected chi connectivity index (χ3v) is 4.18. The molecule has 5 nitrogen and oxygen atoms in total. The van der Waals surface area contributed by atoms with Crippen LogP contribution >= 0.6 is 0 Å². The molecule has 0 bridgehead atoms. The molecule has 2 rings (SSSR count). The molecule has 2 saturated heterocycles. The van der Waals surface area contributed by atoms with Gasteiger partial charge in [0, 0.05) is 25.3 Å². The van der Waals surface area contributed by atoms with Crippen molar-refractivity contribution >= 4 is 5.91 Å². The number of amides is 1. The summed E-state index contributed by atoms with van der Waals surface area (Å²) in [6.07, 6.45) is 6.54. The minimum atomic E-state index is 0.163. The summed E-state index contributed by atoms with van der Waals surface area (Å²) in [5, 5.41) is 3.14. The second kappa shape index (κ2) is 7.82. The standard InChI is InChI=1S/C14H27N3O2/c15-7-4-13-3-1-2-8-17(13)11-14(18)16-12-5-9-19-10-6-12/h12-13H,1-11,15H2,(H,16,18). The van der Waals surface area contributed by atoms with Gasteiger partial charge in [-0.25, -0.2) is 0 Å². The Kier molecular flexibility index (Phi) is 6.07. The van der Waals surface area contributed by atoms with Gasteiger partial charge in [0.2, 0.25) is 5.91 Å². The van der Waals surface area contributed by atoms with Gasteiger partial charge in [-0.1, -0.05) is 6.42 Å².